The maximum absolute atomic E-state index is 12.7. The highest BCUT2D eigenvalue weighted by Crippen LogP contribution is 2.38. The van der Waals surface area contributed by atoms with E-state index in [2.05, 4.69) is 0 Å². The lowest BCUT2D eigenvalue weighted by Crippen LogP contribution is -2.02. The second-order valence-corrected chi connectivity index (χ2v) is 7.17. The highest BCUT2D eigenvalue weighted by atomic mass is 35.5. The highest BCUT2D eigenvalue weighted by Gasteiger charge is 2.18. The summed E-state index contributed by atoms with van der Waals surface area (Å²) in [7, 11) is 1.43. The van der Waals surface area contributed by atoms with Gasteiger partial charge in [0.05, 0.1) is 7.11 Å². The number of benzene rings is 3. The maximum Gasteiger partial charge on any atom is 0.197 e. The molecule has 0 radical (unpaired) electrons. The van der Waals surface area contributed by atoms with Crippen LogP contribution in [0.25, 0.3) is 22.3 Å². The number of fused-ring (bicyclic) bond motifs is 1. The zero-order valence-corrected chi connectivity index (χ0v) is 16.6. The summed E-state index contributed by atoms with van der Waals surface area (Å²) in [5, 5.41) is 30.8. The lowest BCUT2D eigenvalue weighted by molar-refractivity contribution is 0.403. The van der Waals surface area contributed by atoms with E-state index >= 15 is 0 Å². The van der Waals surface area contributed by atoms with E-state index in [1.165, 1.54) is 37.4 Å². The van der Waals surface area contributed by atoms with Gasteiger partial charge in [-0.15, -0.1) is 0 Å². The first-order chi connectivity index (χ1) is 14.4. The van der Waals surface area contributed by atoms with Crippen molar-refractivity contribution < 1.29 is 24.5 Å². The van der Waals surface area contributed by atoms with Crippen LogP contribution in [0.1, 0.15) is 11.1 Å². The van der Waals surface area contributed by atoms with Crippen LogP contribution in [0.4, 0.5) is 0 Å². The Hall–Kier alpha value is -3.64. The largest absolute Gasteiger partial charge is 0.507 e. The van der Waals surface area contributed by atoms with Crippen molar-refractivity contribution in [1.82, 2.24) is 0 Å². The third kappa shape index (κ3) is 3.53. The standard InChI is InChI=1S/C23H17ClO6/c1-29-14-8-19(27)23-20(28)11-21(30-22(23)9-14)15-10-18(26)17(25)7-13(15)6-12-4-2-3-5-16(12)24/h2-5,7-11,25-27H,6H2,1H3. The van der Waals surface area contributed by atoms with Gasteiger partial charge in [0.25, 0.3) is 0 Å². The van der Waals surface area contributed by atoms with Crippen molar-refractivity contribution >= 4 is 22.6 Å². The average molecular weight is 425 g/mol. The molecule has 0 aliphatic carbocycles. The molecule has 0 saturated heterocycles. The van der Waals surface area contributed by atoms with Crippen LogP contribution in [0.15, 0.2) is 63.8 Å². The second kappa shape index (κ2) is 7.65. The Kier molecular flexibility index (Phi) is 5.01. The van der Waals surface area contributed by atoms with Crippen molar-refractivity contribution in [2.24, 2.45) is 0 Å². The normalized spacial score (nSPS) is 11.0. The van der Waals surface area contributed by atoms with Gasteiger partial charge in [-0.1, -0.05) is 29.8 Å². The van der Waals surface area contributed by atoms with E-state index in [-0.39, 0.29) is 34.0 Å². The highest BCUT2D eigenvalue weighted by molar-refractivity contribution is 6.31. The summed E-state index contributed by atoms with van der Waals surface area (Å²) < 4.78 is 11.0. The Labute approximate surface area is 176 Å². The first-order valence-electron chi connectivity index (χ1n) is 9.01. The predicted molar refractivity (Wildman–Crippen MR) is 114 cm³/mol. The number of phenolic OH excluding ortho intramolecular Hbond substituents is 3. The first kappa shape index (κ1) is 19.7. The van der Waals surface area contributed by atoms with E-state index in [4.69, 9.17) is 20.8 Å². The SMILES string of the molecule is COc1cc(O)c2c(=O)cc(-c3cc(O)c(O)cc3Cc3ccccc3Cl)oc2c1. The van der Waals surface area contributed by atoms with Crippen molar-refractivity contribution in [3.8, 4) is 34.3 Å². The fourth-order valence-electron chi connectivity index (χ4n) is 3.34. The van der Waals surface area contributed by atoms with Gasteiger partial charge in [-0.05, 0) is 35.7 Å². The van der Waals surface area contributed by atoms with Gasteiger partial charge < -0.3 is 24.5 Å². The van der Waals surface area contributed by atoms with E-state index in [0.29, 0.717) is 28.3 Å². The van der Waals surface area contributed by atoms with Crippen molar-refractivity contribution in [2.75, 3.05) is 7.11 Å². The lowest BCUT2D eigenvalue weighted by atomic mass is 9.97. The molecule has 0 spiro atoms. The summed E-state index contributed by atoms with van der Waals surface area (Å²) in [6.45, 7) is 0. The first-order valence-corrected chi connectivity index (χ1v) is 9.38. The van der Waals surface area contributed by atoms with E-state index in [9.17, 15) is 20.1 Å². The van der Waals surface area contributed by atoms with Crippen LogP contribution in [0, 0.1) is 0 Å². The quantitative estimate of drug-likeness (QED) is 0.406. The van der Waals surface area contributed by atoms with E-state index in [1.54, 1.807) is 6.07 Å². The van der Waals surface area contributed by atoms with Gasteiger partial charge in [0.1, 0.15) is 28.2 Å². The third-order valence-electron chi connectivity index (χ3n) is 4.82. The Balaban J connectivity index is 1.93. The fraction of sp³-hybridized carbons (Fsp3) is 0.0870. The maximum atomic E-state index is 12.7. The van der Waals surface area contributed by atoms with Gasteiger partial charge in [-0.3, -0.25) is 4.79 Å². The van der Waals surface area contributed by atoms with Gasteiger partial charge in [0.2, 0.25) is 0 Å². The average Bonchev–Trinajstić information content (AvgIpc) is 2.71. The molecule has 1 aromatic heterocycles. The summed E-state index contributed by atoms with van der Waals surface area (Å²) >= 11 is 6.27. The topological polar surface area (TPSA) is 100 Å². The molecule has 6 nitrogen and oxygen atoms in total. The van der Waals surface area contributed by atoms with Gasteiger partial charge in [0, 0.05) is 28.8 Å². The van der Waals surface area contributed by atoms with Gasteiger partial charge in [0.15, 0.2) is 16.9 Å². The predicted octanol–water partition coefficient (Wildman–Crippen LogP) is 4.83. The molecule has 3 N–H and O–H groups in total. The molecule has 0 saturated carbocycles. The van der Waals surface area contributed by atoms with Crippen LogP contribution >= 0.6 is 11.6 Å². The molecule has 7 heteroatoms. The van der Waals surface area contributed by atoms with Crippen LogP contribution in [0.3, 0.4) is 0 Å². The number of aromatic hydroxyl groups is 3. The molecule has 30 heavy (non-hydrogen) atoms. The molecular weight excluding hydrogens is 408 g/mol. The number of methoxy groups -OCH3 is 1. The summed E-state index contributed by atoms with van der Waals surface area (Å²) in [6.07, 6.45) is 0.327. The van der Waals surface area contributed by atoms with Crippen molar-refractivity contribution in [3.05, 3.63) is 81.0 Å². The molecule has 0 atom stereocenters. The minimum Gasteiger partial charge on any atom is -0.507 e. The minimum atomic E-state index is -0.456. The molecule has 4 aromatic rings. The number of rotatable bonds is 4. The van der Waals surface area contributed by atoms with Crippen LogP contribution < -0.4 is 10.2 Å². The van der Waals surface area contributed by atoms with Gasteiger partial charge >= 0.3 is 0 Å². The van der Waals surface area contributed by atoms with Gasteiger partial charge in [-0.25, -0.2) is 0 Å². The smallest absolute Gasteiger partial charge is 0.197 e. The zero-order chi connectivity index (χ0) is 21.4. The number of ether oxygens (including phenoxy) is 1. The van der Waals surface area contributed by atoms with Crippen LogP contribution in [0.5, 0.6) is 23.0 Å². The number of hydrogen-bond acceptors (Lipinski definition) is 6. The van der Waals surface area contributed by atoms with Gasteiger partial charge in [-0.2, -0.15) is 0 Å². The fourth-order valence-corrected chi connectivity index (χ4v) is 3.54. The summed E-state index contributed by atoms with van der Waals surface area (Å²) in [5.41, 5.74) is 1.47. The van der Waals surface area contributed by atoms with Crippen LogP contribution in [-0.2, 0) is 6.42 Å². The Morgan fingerprint density at radius 3 is 2.40 bits per heavy atom. The van der Waals surface area contributed by atoms with E-state index in [1.807, 2.05) is 18.2 Å². The Bertz CT molecular complexity index is 1330. The second-order valence-electron chi connectivity index (χ2n) is 6.76. The lowest BCUT2D eigenvalue weighted by Gasteiger charge is -2.13. The molecule has 0 aliphatic heterocycles. The monoisotopic (exact) mass is 424 g/mol. The molecule has 0 fully saturated rings. The molecular formula is C23H17ClO6. The zero-order valence-electron chi connectivity index (χ0n) is 15.8. The molecule has 1 heterocycles. The van der Waals surface area contributed by atoms with Crippen molar-refractivity contribution in [2.45, 2.75) is 6.42 Å². The molecule has 0 aliphatic rings. The summed E-state index contributed by atoms with van der Waals surface area (Å²) in [5.74, 6) is -0.426. The number of hydrogen-bond donors (Lipinski definition) is 3. The van der Waals surface area contributed by atoms with E-state index < -0.39 is 5.43 Å². The molecule has 0 amide bonds. The number of halogens is 1. The Morgan fingerprint density at radius 2 is 1.67 bits per heavy atom. The van der Waals surface area contributed by atoms with Crippen molar-refractivity contribution in [1.29, 1.82) is 0 Å². The Morgan fingerprint density at radius 1 is 0.933 bits per heavy atom. The summed E-state index contributed by atoms with van der Waals surface area (Å²) in [4.78, 5) is 12.7. The molecule has 152 valence electrons. The van der Waals surface area contributed by atoms with Crippen LogP contribution in [0.2, 0.25) is 5.02 Å². The minimum absolute atomic E-state index is 0.0233. The van der Waals surface area contributed by atoms with Crippen LogP contribution in [-0.4, -0.2) is 22.4 Å². The molecule has 0 bridgehead atoms. The molecule has 4 rings (SSSR count). The van der Waals surface area contributed by atoms with Crippen molar-refractivity contribution in [3.63, 3.8) is 0 Å². The third-order valence-corrected chi connectivity index (χ3v) is 5.19. The molecule has 0 unspecified atom stereocenters. The summed E-state index contributed by atoms with van der Waals surface area (Å²) in [6, 6.07) is 14.0. The van der Waals surface area contributed by atoms with E-state index in [0.717, 1.165) is 5.56 Å². The number of phenols is 3. The molecule has 3 aromatic carbocycles.